The maximum absolute atomic E-state index is 12.6. The summed E-state index contributed by atoms with van der Waals surface area (Å²) in [5.41, 5.74) is 2.96. The number of nitrogens with one attached hydrogen (secondary N) is 1. The highest BCUT2D eigenvalue weighted by molar-refractivity contribution is 6.03. The molecule has 156 valence electrons. The summed E-state index contributed by atoms with van der Waals surface area (Å²) in [6.45, 7) is -0.419. The molecule has 2 aromatic heterocycles. The van der Waals surface area contributed by atoms with Crippen LogP contribution in [0, 0.1) is 0 Å². The molecule has 1 amide bonds. The van der Waals surface area contributed by atoms with Crippen molar-refractivity contribution in [1.29, 1.82) is 0 Å². The predicted octanol–water partition coefficient (Wildman–Crippen LogP) is 4.35. The number of esters is 1. The van der Waals surface area contributed by atoms with Gasteiger partial charge in [0.25, 0.3) is 5.91 Å². The fourth-order valence-corrected chi connectivity index (χ4v) is 3.59. The standard InChI is InChI=1S/C25H18N4O3/c30-23(28-21-12-6-10-17-7-4-5-11-19(17)21)16-32-25(31)20-15-27-29-22(13-14-26-24(20)29)18-8-2-1-3-9-18/h1-15H,16H2,(H,28,30). The van der Waals surface area contributed by atoms with Crippen molar-refractivity contribution in [3.63, 3.8) is 0 Å². The molecule has 32 heavy (non-hydrogen) atoms. The molecule has 0 aliphatic heterocycles. The Morgan fingerprint density at radius 3 is 2.56 bits per heavy atom. The highest BCUT2D eigenvalue weighted by atomic mass is 16.5. The fraction of sp³-hybridized carbons (Fsp3) is 0.0400. The highest BCUT2D eigenvalue weighted by Gasteiger charge is 2.18. The highest BCUT2D eigenvalue weighted by Crippen LogP contribution is 2.23. The lowest BCUT2D eigenvalue weighted by atomic mass is 10.1. The number of carbonyl (C=O) groups is 2. The second-order valence-corrected chi connectivity index (χ2v) is 7.14. The Morgan fingerprint density at radius 2 is 1.69 bits per heavy atom. The van der Waals surface area contributed by atoms with E-state index in [1.807, 2.05) is 78.9 Å². The molecule has 0 fully saturated rings. The van der Waals surface area contributed by atoms with Crippen LogP contribution in [0.15, 0.2) is 91.3 Å². The molecule has 0 saturated carbocycles. The molecule has 0 spiro atoms. The number of amides is 1. The topological polar surface area (TPSA) is 85.6 Å². The zero-order valence-electron chi connectivity index (χ0n) is 16.9. The summed E-state index contributed by atoms with van der Waals surface area (Å²) in [6.07, 6.45) is 3.02. The minimum atomic E-state index is -0.661. The van der Waals surface area contributed by atoms with Crippen molar-refractivity contribution in [2.24, 2.45) is 0 Å². The van der Waals surface area contributed by atoms with Crippen molar-refractivity contribution in [1.82, 2.24) is 14.6 Å². The molecule has 0 aliphatic carbocycles. The number of fused-ring (bicyclic) bond motifs is 2. The minimum absolute atomic E-state index is 0.195. The molecule has 2 heterocycles. The zero-order chi connectivity index (χ0) is 21.9. The lowest BCUT2D eigenvalue weighted by Crippen LogP contribution is -2.21. The predicted molar refractivity (Wildman–Crippen MR) is 121 cm³/mol. The Balaban J connectivity index is 1.32. The monoisotopic (exact) mass is 422 g/mol. The molecule has 0 aliphatic rings. The molecule has 7 heteroatoms. The lowest BCUT2D eigenvalue weighted by molar-refractivity contribution is -0.119. The average molecular weight is 422 g/mol. The van der Waals surface area contributed by atoms with Gasteiger partial charge in [-0.3, -0.25) is 4.79 Å². The maximum Gasteiger partial charge on any atom is 0.344 e. The first kappa shape index (κ1) is 19.4. The molecule has 5 aromatic rings. The van der Waals surface area contributed by atoms with E-state index < -0.39 is 18.5 Å². The summed E-state index contributed by atoms with van der Waals surface area (Å²) in [7, 11) is 0. The Hall–Kier alpha value is -4.52. The molecule has 0 unspecified atom stereocenters. The Kier molecular flexibility index (Phi) is 5.05. The second-order valence-electron chi connectivity index (χ2n) is 7.14. The van der Waals surface area contributed by atoms with Crippen LogP contribution < -0.4 is 5.32 Å². The van der Waals surface area contributed by atoms with Crippen molar-refractivity contribution < 1.29 is 14.3 Å². The first-order valence-corrected chi connectivity index (χ1v) is 10.0. The molecular weight excluding hydrogens is 404 g/mol. The van der Waals surface area contributed by atoms with Crippen LogP contribution in [0.4, 0.5) is 5.69 Å². The van der Waals surface area contributed by atoms with Gasteiger partial charge in [0.15, 0.2) is 12.3 Å². The van der Waals surface area contributed by atoms with Gasteiger partial charge in [0.05, 0.1) is 11.9 Å². The largest absolute Gasteiger partial charge is 0.452 e. The van der Waals surface area contributed by atoms with E-state index in [0.29, 0.717) is 11.3 Å². The van der Waals surface area contributed by atoms with Gasteiger partial charge >= 0.3 is 5.97 Å². The van der Waals surface area contributed by atoms with Crippen LogP contribution in [-0.2, 0) is 9.53 Å². The molecule has 0 bridgehead atoms. The van der Waals surface area contributed by atoms with Crippen molar-refractivity contribution in [2.75, 3.05) is 11.9 Å². The van der Waals surface area contributed by atoms with Gasteiger partial charge in [0.1, 0.15) is 5.56 Å². The summed E-state index contributed by atoms with van der Waals surface area (Å²) < 4.78 is 6.83. The minimum Gasteiger partial charge on any atom is -0.452 e. The number of benzene rings is 3. The van der Waals surface area contributed by atoms with Gasteiger partial charge in [-0.1, -0.05) is 66.7 Å². The Labute approximate surface area is 183 Å². The van der Waals surface area contributed by atoms with Crippen LogP contribution in [0.1, 0.15) is 10.4 Å². The third kappa shape index (κ3) is 3.67. The maximum atomic E-state index is 12.6. The van der Waals surface area contributed by atoms with Crippen LogP contribution >= 0.6 is 0 Å². The smallest absolute Gasteiger partial charge is 0.344 e. The third-order valence-electron chi connectivity index (χ3n) is 5.09. The van der Waals surface area contributed by atoms with Gasteiger partial charge in [-0.15, -0.1) is 0 Å². The number of hydrogen-bond donors (Lipinski definition) is 1. The van der Waals surface area contributed by atoms with Crippen molar-refractivity contribution in [2.45, 2.75) is 0 Å². The summed E-state index contributed by atoms with van der Waals surface area (Å²) in [6, 6.07) is 24.9. The van der Waals surface area contributed by atoms with E-state index in [4.69, 9.17) is 4.74 Å². The van der Waals surface area contributed by atoms with Gasteiger partial charge in [-0.25, -0.2) is 14.3 Å². The van der Waals surface area contributed by atoms with Gasteiger partial charge in [-0.2, -0.15) is 5.10 Å². The van der Waals surface area contributed by atoms with E-state index in [0.717, 1.165) is 22.0 Å². The molecule has 5 rings (SSSR count). The number of aromatic nitrogens is 3. The van der Waals surface area contributed by atoms with E-state index in [1.165, 1.54) is 6.20 Å². The SMILES string of the molecule is O=C(COC(=O)c1cnn2c(-c3ccccc3)ccnc12)Nc1cccc2ccccc12. The van der Waals surface area contributed by atoms with Crippen LogP contribution in [0.5, 0.6) is 0 Å². The molecule has 0 saturated heterocycles. The first-order valence-electron chi connectivity index (χ1n) is 10.0. The average Bonchev–Trinajstić information content (AvgIpc) is 3.28. The summed E-state index contributed by atoms with van der Waals surface area (Å²) >= 11 is 0. The van der Waals surface area contributed by atoms with Gasteiger partial charge < -0.3 is 10.1 Å². The first-order chi connectivity index (χ1) is 15.7. The molecule has 3 aromatic carbocycles. The Bertz CT molecular complexity index is 1440. The van der Waals surface area contributed by atoms with E-state index in [-0.39, 0.29) is 5.56 Å². The van der Waals surface area contributed by atoms with Crippen molar-refractivity contribution in [3.8, 4) is 11.3 Å². The fourth-order valence-electron chi connectivity index (χ4n) is 3.59. The van der Waals surface area contributed by atoms with Crippen LogP contribution in [0.3, 0.4) is 0 Å². The van der Waals surface area contributed by atoms with E-state index in [2.05, 4.69) is 15.4 Å². The molecule has 0 radical (unpaired) electrons. The number of hydrogen-bond acceptors (Lipinski definition) is 5. The number of rotatable bonds is 5. The summed E-state index contributed by atoms with van der Waals surface area (Å²) in [4.78, 5) is 29.3. The zero-order valence-corrected chi connectivity index (χ0v) is 16.9. The van der Waals surface area contributed by atoms with Crippen LogP contribution in [-0.4, -0.2) is 33.1 Å². The number of anilines is 1. The molecule has 1 N–H and O–H groups in total. The Morgan fingerprint density at radius 1 is 0.906 bits per heavy atom. The number of nitrogens with zero attached hydrogens (tertiary/aromatic N) is 3. The van der Waals surface area contributed by atoms with E-state index >= 15 is 0 Å². The van der Waals surface area contributed by atoms with Crippen LogP contribution in [0.25, 0.3) is 27.7 Å². The molecular formula is C25H18N4O3. The lowest BCUT2D eigenvalue weighted by Gasteiger charge is -2.09. The molecule has 0 atom stereocenters. The van der Waals surface area contributed by atoms with Gasteiger partial charge in [0, 0.05) is 22.8 Å². The van der Waals surface area contributed by atoms with Crippen molar-refractivity contribution in [3.05, 3.63) is 96.8 Å². The number of carbonyl (C=O) groups excluding carboxylic acids is 2. The second kappa shape index (κ2) is 8.31. The summed E-state index contributed by atoms with van der Waals surface area (Å²) in [5, 5.41) is 9.02. The van der Waals surface area contributed by atoms with E-state index in [9.17, 15) is 9.59 Å². The quantitative estimate of drug-likeness (QED) is 0.426. The van der Waals surface area contributed by atoms with Crippen LogP contribution in [0.2, 0.25) is 0 Å². The summed E-state index contributed by atoms with van der Waals surface area (Å²) in [5.74, 6) is -1.09. The van der Waals surface area contributed by atoms with Gasteiger partial charge in [-0.05, 0) is 17.5 Å². The number of ether oxygens (including phenoxy) is 1. The normalized spacial score (nSPS) is 10.9. The molecule has 7 nitrogen and oxygen atoms in total. The van der Waals surface area contributed by atoms with Crippen molar-refractivity contribution >= 4 is 34.0 Å². The van der Waals surface area contributed by atoms with Gasteiger partial charge in [0.2, 0.25) is 0 Å². The van der Waals surface area contributed by atoms with E-state index in [1.54, 1.807) is 10.7 Å². The third-order valence-corrected chi connectivity index (χ3v) is 5.09.